The van der Waals surface area contributed by atoms with Gasteiger partial charge in [-0.25, -0.2) is 9.78 Å². The Kier molecular flexibility index (Phi) is 3.75. The van der Waals surface area contributed by atoms with Gasteiger partial charge in [0.05, 0.1) is 11.3 Å². The highest BCUT2D eigenvalue weighted by atomic mass is 16.7. The predicted octanol–water partition coefficient (Wildman–Crippen LogP) is 2.87. The molecule has 0 aliphatic heterocycles. The minimum atomic E-state index is -0.506. The second kappa shape index (κ2) is 5.48. The molecule has 1 aromatic carbocycles. The highest BCUT2D eigenvalue weighted by Gasteiger charge is 2.12. The van der Waals surface area contributed by atoms with E-state index in [-0.39, 0.29) is 0 Å². The molecule has 98 valence electrons. The summed E-state index contributed by atoms with van der Waals surface area (Å²) in [4.78, 5) is 20.7. The van der Waals surface area contributed by atoms with E-state index in [0.717, 1.165) is 5.69 Å². The minimum absolute atomic E-state index is 0.449. The van der Waals surface area contributed by atoms with Crippen LogP contribution in [0.1, 0.15) is 34.6 Å². The number of aromatic nitrogens is 1. The van der Waals surface area contributed by atoms with E-state index in [4.69, 9.17) is 9.25 Å². The number of carbonyl (C=O) groups excluding carboxylic acids is 1. The zero-order valence-corrected chi connectivity index (χ0v) is 11.0. The van der Waals surface area contributed by atoms with Crippen molar-refractivity contribution in [2.24, 2.45) is 5.16 Å². The van der Waals surface area contributed by atoms with Crippen molar-refractivity contribution in [3.05, 3.63) is 53.2 Å². The molecule has 0 amide bonds. The molecule has 0 aliphatic carbocycles. The van der Waals surface area contributed by atoms with E-state index >= 15 is 0 Å². The molecule has 0 saturated carbocycles. The van der Waals surface area contributed by atoms with E-state index in [1.807, 2.05) is 13.0 Å². The molecule has 0 radical (unpaired) electrons. The fourth-order valence-electron chi connectivity index (χ4n) is 1.65. The van der Waals surface area contributed by atoms with Crippen LogP contribution in [0.2, 0.25) is 0 Å². The Balaban J connectivity index is 2.11. The average molecular weight is 258 g/mol. The number of rotatable bonds is 3. The number of carbonyl (C=O) groups is 1. The maximum Gasteiger partial charge on any atom is 0.365 e. The van der Waals surface area contributed by atoms with Crippen LogP contribution in [0.4, 0.5) is 0 Å². The molecule has 0 aliphatic rings. The minimum Gasteiger partial charge on any atom is -0.439 e. The SMILES string of the molecule is C/C(=N/OC(=O)c1ccccc1)c1oc(C)nc1C. The zero-order chi connectivity index (χ0) is 13.8. The number of oxime groups is 1. The van der Waals surface area contributed by atoms with Crippen LogP contribution >= 0.6 is 0 Å². The summed E-state index contributed by atoms with van der Waals surface area (Å²) < 4.78 is 5.38. The lowest BCUT2D eigenvalue weighted by molar-refractivity contribution is 0.0516. The van der Waals surface area contributed by atoms with Crippen LogP contribution < -0.4 is 0 Å². The second-order valence-electron chi connectivity index (χ2n) is 4.07. The van der Waals surface area contributed by atoms with Crippen molar-refractivity contribution in [1.29, 1.82) is 0 Å². The third-order valence-corrected chi connectivity index (χ3v) is 2.51. The van der Waals surface area contributed by atoms with E-state index in [1.54, 1.807) is 38.1 Å². The Bertz CT molecular complexity index is 615. The number of oxazole rings is 1. The highest BCUT2D eigenvalue weighted by molar-refractivity contribution is 5.97. The molecular formula is C14H14N2O3. The van der Waals surface area contributed by atoms with Gasteiger partial charge in [0.25, 0.3) is 0 Å². The maximum absolute atomic E-state index is 11.7. The molecule has 2 rings (SSSR count). The largest absolute Gasteiger partial charge is 0.439 e. The van der Waals surface area contributed by atoms with Crippen molar-refractivity contribution in [2.45, 2.75) is 20.8 Å². The van der Waals surface area contributed by atoms with E-state index < -0.39 is 5.97 Å². The predicted molar refractivity (Wildman–Crippen MR) is 70.0 cm³/mol. The van der Waals surface area contributed by atoms with Crippen molar-refractivity contribution >= 4 is 11.7 Å². The van der Waals surface area contributed by atoms with Crippen LogP contribution in [-0.4, -0.2) is 16.7 Å². The molecule has 0 unspecified atom stereocenters. The summed E-state index contributed by atoms with van der Waals surface area (Å²) in [5.41, 5.74) is 1.64. The molecule has 0 atom stereocenters. The lowest BCUT2D eigenvalue weighted by Crippen LogP contribution is -2.04. The molecule has 5 heteroatoms. The van der Waals surface area contributed by atoms with Crippen molar-refractivity contribution in [3.63, 3.8) is 0 Å². The first-order chi connectivity index (χ1) is 9.08. The van der Waals surface area contributed by atoms with Gasteiger partial charge in [-0.2, -0.15) is 0 Å². The van der Waals surface area contributed by atoms with E-state index in [9.17, 15) is 4.79 Å². The summed E-state index contributed by atoms with van der Waals surface area (Å²) in [5, 5.41) is 3.78. The fourth-order valence-corrected chi connectivity index (χ4v) is 1.65. The number of nitrogens with zero attached hydrogens (tertiary/aromatic N) is 2. The van der Waals surface area contributed by atoms with Gasteiger partial charge >= 0.3 is 5.97 Å². The van der Waals surface area contributed by atoms with Crippen molar-refractivity contribution in [2.75, 3.05) is 0 Å². The first-order valence-corrected chi connectivity index (χ1v) is 5.83. The van der Waals surface area contributed by atoms with Gasteiger partial charge in [-0.3, -0.25) is 0 Å². The van der Waals surface area contributed by atoms with Crippen LogP contribution in [0.15, 0.2) is 39.9 Å². The van der Waals surface area contributed by atoms with E-state index in [0.29, 0.717) is 22.9 Å². The lowest BCUT2D eigenvalue weighted by Gasteiger charge is -1.99. The number of aryl methyl sites for hydroxylation is 2. The van der Waals surface area contributed by atoms with Crippen LogP contribution in [0.5, 0.6) is 0 Å². The number of benzene rings is 1. The quantitative estimate of drug-likeness (QED) is 0.482. The summed E-state index contributed by atoms with van der Waals surface area (Å²) >= 11 is 0. The second-order valence-corrected chi connectivity index (χ2v) is 4.07. The molecule has 2 aromatic rings. The molecule has 0 saturated heterocycles. The Labute approximate surface area is 110 Å². The third kappa shape index (κ3) is 3.07. The van der Waals surface area contributed by atoms with Gasteiger partial charge in [0.2, 0.25) is 0 Å². The summed E-state index contributed by atoms with van der Waals surface area (Å²) in [7, 11) is 0. The molecule has 1 heterocycles. The van der Waals surface area contributed by atoms with Crippen molar-refractivity contribution in [1.82, 2.24) is 4.98 Å². The molecule has 0 fully saturated rings. The molecular weight excluding hydrogens is 244 g/mol. The van der Waals surface area contributed by atoms with Gasteiger partial charge in [0.15, 0.2) is 11.7 Å². The molecule has 5 nitrogen and oxygen atoms in total. The summed E-state index contributed by atoms with van der Waals surface area (Å²) in [6.07, 6.45) is 0. The summed E-state index contributed by atoms with van der Waals surface area (Å²) in [5.74, 6) is 0.573. The highest BCUT2D eigenvalue weighted by Crippen LogP contribution is 2.11. The topological polar surface area (TPSA) is 64.7 Å². The Hall–Kier alpha value is -2.43. The lowest BCUT2D eigenvalue weighted by atomic mass is 10.2. The molecule has 19 heavy (non-hydrogen) atoms. The normalized spacial score (nSPS) is 11.4. The Morgan fingerprint density at radius 1 is 1.26 bits per heavy atom. The van der Waals surface area contributed by atoms with Gasteiger partial charge in [-0.15, -0.1) is 0 Å². The van der Waals surface area contributed by atoms with Crippen molar-refractivity contribution < 1.29 is 14.0 Å². The van der Waals surface area contributed by atoms with Crippen LogP contribution in [-0.2, 0) is 4.84 Å². The average Bonchev–Trinajstić information content (AvgIpc) is 2.75. The van der Waals surface area contributed by atoms with Crippen LogP contribution in [0.3, 0.4) is 0 Å². The summed E-state index contributed by atoms with van der Waals surface area (Å²) in [6, 6.07) is 8.67. The molecule has 0 spiro atoms. The maximum atomic E-state index is 11.7. The van der Waals surface area contributed by atoms with Crippen LogP contribution in [0, 0.1) is 13.8 Å². The van der Waals surface area contributed by atoms with E-state index in [2.05, 4.69) is 10.1 Å². The number of hydrogen-bond acceptors (Lipinski definition) is 5. The standard InChI is InChI=1S/C14H14N2O3/c1-9-13(18-11(3)15-9)10(2)16-19-14(17)12-7-5-4-6-8-12/h4-8H,1-3H3/b16-10-. The van der Waals surface area contributed by atoms with Gasteiger partial charge in [-0.05, 0) is 26.0 Å². The van der Waals surface area contributed by atoms with Gasteiger partial charge in [0, 0.05) is 6.92 Å². The molecule has 1 aromatic heterocycles. The van der Waals surface area contributed by atoms with E-state index in [1.165, 1.54) is 0 Å². The smallest absolute Gasteiger partial charge is 0.365 e. The third-order valence-electron chi connectivity index (χ3n) is 2.51. The molecule has 0 bridgehead atoms. The summed E-state index contributed by atoms with van der Waals surface area (Å²) in [6.45, 7) is 5.26. The van der Waals surface area contributed by atoms with Gasteiger partial charge < -0.3 is 9.25 Å². The first-order valence-electron chi connectivity index (χ1n) is 5.83. The fraction of sp³-hybridized carbons (Fsp3) is 0.214. The number of hydrogen-bond donors (Lipinski definition) is 0. The zero-order valence-electron chi connectivity index (χ0n) is 11.0. The Morgan fingerprint density at radius 2 is 1.95 bits per heavy atom. The van der Waals surface area contributed by atoms with Gasteiger partial charge in [0.1, 0.15) is 5.71 Å². The first kappa shape index (κ1) is 13.0. The van der Waals surface area contributed by atoms with Crippen molar-refractivity contribution in [3.8, 4) is 0 Å². The Morgan fingerprint density at radius 3 is 2.53 bits per heavy atom. The monoisotopic (exact) mass is 258 g/mol. The molecule has 0 N–H and O–H groups in total. The van der Waals surface area contributed by atoms with Crippen LogP contribution in [0.25, 0.3) is 0 Å². The van der Waals surface area contributed by atoms with Gasteiger partial charge in [-0.1, -0.05) is 23.4 Å².